The fourth-order valence-electron chi connectivity index (χ4n) is 1.71. The van der Waals surface area contributed by atoms with Crippen LogP contribution in [0.4, 0.5) is 0 Å². The Labute approximate surface area is 114 Å². The minimum Gasteiger partial charge on any atom is -0.506 e. The zero-order valence-corrected chi connectivity index (χ0v) is 12.3. The van der Waals surface area contributed by atoms with Crippen LogP contribution < -0.4 is 10.6 Å². The Morgan fingerprint density at radius 2 is 0.944 bits per heavy atom. The monoisotopic (exact) mass is 272 g/mol. The molecule has 2 heteroatoms. The average molecular weight is 272 g/mol. The normalized spacial score (nSPS) is 11.8. The molecule has 0 atom stereocenters. The number of benzene rings is 2. The van der Waals surface area contributed by atoms with E-state index in [0.717, 1.165) is 0 Å². The first-order valence-electron chi connectivity index (χ1n) is 6.40. The van der Waals surface area contributed by atoms with Gasteiger partial charge in [-0.3, -0.25) is 0 Å². The van der Waals surface area contributed by atoms with Crippen LogP contribution in [0.25, 0.3) is 0 Å². The highest BCUT2D eigenvalue weighted by Gasteiger charge is 1.80. The molecule has 0 aromatic heterocycles. The van der Waals surface area contributed by atoms with Crippen LogP contribution in [-0.2, 0) is 0 Å². The molecule has 0 radical (unpaired) electrons. The average Bonchev–Trinajstić information content (AvgIpc) is 2.45. The van der Waals surface area contributed by atoms with Crippen molar-refractivity contribution in [2.24, 2.45) is 0 Å². The highest BCUT2D eigenvalue weighted by atomic mass is 31.1. The molecule has 0 heterocycles. The molecular weight excluding hydrogens is 254 g/mol. The van der Waals surface area contributed by atoms with Gasteiger partial charge in [-0.15, -0.1) is 0 Å². The maximum Gasteiger partial charge on any atom is -0.0624 e. The van der Waals surface area contributed by atoms with Gasteiger partial charge in [0.25, 0.3) is 0 Å². The van der Waals surface area contributed by atoms with E-state index in [0.29, 0.717) is 0 Å². The smallest absolute Gasteiger partial charge is 0.0624 e. The Morgan fingerprint density at radius 1 is 0.556 bits per heavy atom. The van der Waals surface area contributed by atoms with Gasteiger partial charge in [0.05, 0.1) is 0 Å². The first-order valence-corrected chi connectivity index (χ1v) is 8.56. The van der Waals surface area contributed by atoms with Crippen molar-refractivity contribution in [1.82, 2.24) is 0 Å². The fraction of sp³-hybridized carbons (Fsp3) is 0.250. The minimum absolute atomic E-state index is 1.29. The standard InChI is InChI=1S/C16H18P2/c1-3-9-15(10-4-1)17-13-7-8-14-18-16-11-5-2-6-12-16/h1-6,9-12H,7-8,13-14H2/q-2. The third-order valence-corrected chi connectivity index (χ3v) is 5.07. The van der Waals surface area contributed by atoms with E-state index in [-0.39, 0.29) is 0 Å². The van der Waals surface area contributed by atoms with Gasteiger partial charge in [-0.05, 0) is 0 Å². The summed E-state index contributed by atoms with van der Waals surface area (Å²) in [7, 11) is 2.94. The Bertz CT molecular complexity index is 382. The Kier molecular flexibility index (Phi) is 6.41. The van der Waals surface area contributed by atoms with E-state index in [2.05, 4.69) is 60.7 Å². The molecule has 2 aromatic carbocycles. The van der Waals surface area contributed by atoms with Crippen LogP contribution in [0, 0.1) is 0 Å². The lowest BCUT2D eigenvalue weighted by Crippen LogP contribution is -1.96. The van der Waals surface area contributed by atoms with Gasteiger partial charge in [0.1, 0.15) is 0 Å². The number of hydrogen-bond acceptors (Lipinski definition) is 0. The van der Waals surface area contributed by atoms with Crippen LogP contribution in [0.5, 0.6) is 0 Å². The molecule has 0 nitrogen and oxygen atoms in total. The van der Waals surface area contributed by atoms with Gasteiger partial charge in [0, 0.05) is 0 Å². The van der Waals surface area contributed by atoms with Gasteiger partial charge in [-0.1, -0.05) is 73.5 Å². The summed E-state index contributed by atoms with van der Waals surface area (Å²) in [6, 6.07) is 21.5. The van der Waals surface area contributed by atoms with E-state index in [4.69, 9.17) is 0 Å². The van der Waals surface area contributed by atoms with Crippen LogP contribution in [-0.4, -0.2) is 12.3 Å². The quantitative estimate of drug-likeness (QED) is 0.520. The topological polar surface area (TPSA) is 0 Å². The summed E-state index contributed by atoms with van der Waals surface area (Å²) in [5.74, 6) is 0. The van der Waals surface area contributed by atoms with Gasteiger partial charge in [-0.2, -0.15) is 12.3 Å². The molecule has 0 fully saturated rings. The highest BCUT2D eigenvalue weighted by Crippen LogP contribution is 2.16. The highest BCUT2D eigenvalue weighted by molar-refractivity contribution is 7.47. The summed E-state index contributed by atoms with van der Waals surface area (Å²) in [4.78, 5) is 0. The summed E-state index contributed by atoms with van der Waals surface area (Å²) < 4.78 is 0. The lowest BCUT2D eigenvalue weighted by molar-refractivity contribution is 0.905. The second-order valence-corrected chi connectivity index (χ2v) is 6.70. The predicted octanol–water partition coefficient (Wildman–Crippen LogP) is 4.31. The van der Waals surface area contributed by atoms with Crippen molar-refractivity contribution in [3.63, 3.8) is 0 Å². The molecule has 0 unspecified atom stereocenters. The van der Waals surface area contributed by atoms with Gasteiger partial charge in [0.15, 0.2) is 0 Å². The van der Waals surface area contributed by atoms with E-state index < -0.39 is 0 Å². The number of hydrogen-bond donors (Lipinski definition) is 0. The second kappa shape index (κ2) is 8.41. The van der Waals surface area contributed by atoms with E-state index in [1.165, 1.54) is 52.9 Å². The lowest BCUT2D eigenvalue weighted by Gasteiger charge is -2.21. The molecule has 0 aliphatic carbocycles. The summed E-state index contributed by atoms with van der Waals surface area (Å²) in [6.07, 6.45) is 5.23. The SMILES string of the molecule is c1ccc([P-]CCCC[P-]c2ccccc2)cc1. The van der Waals surface area contributed by atoms with Crippen molar-refractivity contribution < 1.29 is 0 Å². The summed E-state index contributed by atoms with van der Waals surface area (Å²) in [5.41, 5.74) is 0. The first kappa shape index (κ1) is 13.7. The summed E-state index contributed by atoms with van der Waals surface area (Å²) in [5, 5.41) is 2.89. The molecule has 0 bridgehead atoms. The fourth-order valence-corrected chi connectivity index (χ4v) is 3.75. The predicted molar refractivity (Wildman–Crippen MR) is 85.0 cm³/mol. The molecule has 0 saturated heterocycles. The Balaban J connectivity index is 1.54. The third-order valence-electron chi connectivity index (χ3n) is 2.67. The van der Waals surface area contributed by atoms with Crippen LogP contribution in [0.3, 0.4) is 0 Å². The van der Waals surface area contributed by atoms with Gasteiger partial charge >= 0.3 is 0 Å². The largest absolute Gasteiger partial charge is 0.506 e. The molecule has 94 valence electrons. The third kappa shape index (κ3) is 5.30. The second-order valence-electron chi connectivity index (χ2n) is 4.14. The first-order chi connectivity index (χ1) is 8.95. The van der Waals surface area contributed by atoms with Crippen LogP contribution in [0.15, 0.2) is 60.7 Å². The van der Waals surface area contributed by atoms with Gasteiger partial charge in [0.2, 0.25) is 0 Å². The Morgan fingerprint density at radius 3 is 1.33 bits per heavy atom. The van der Waals surface area contributed by atoms with Crippen molar-refractivity contribution in [3.05, 3.63) is 60.7 Å². The molecule has 0 spiro atoms. The molecule has 0 saturated carbocycles. The lowest BCUT2D eigenvalue weighted by atomic mass is 10.4. The van der Waals surface area contributed by atoms with Crippen LogP contribution in [0.2, 0.25) is 0 Å². The summed E-state index contributed by atoms with van der Waals surface area (Å²) in [6.45, 7) is 0. The van der Waals surface area contributed by atoms with Crippen molar-refractivity contribution in [1.29, 1.82) is 0 Å². The minimum atomic E-state index is 1.29. The van der Waals surface area contributed by atoms with Crippen molar-refractivity contribution in [2.45, 2.75) is 12.8 Å². The van der Waals surface area contributed by atoms with Crippen LogP contribution in [0.1, 0.15) is 12.8 Å². The maximum atomic E-state index is 2.21. The van der Waals surface area contributed by atoms with E-state index in [9.17, 15) is 0 Å². The molecule has 0 aliphatic heterocycles. The van der Waals surface area contributed by atoms with E-state index >= 15 is 0 Å². The molecule has 2 aromatic rings. The zero-order chi connectivity index (χ0) is 12.5. The molecule has 2 rings (SSSR count). The zero-order valence-electron chi connectivity index (χ0n) is 10.5. The van der Waals surface area contributed by atoms with Crippen molar-refractivity contribution >= 4 is 27.8 Å². The summed E-state index contributed by atoms with van der Waals surface area (Å²) >= 11 is 0. The van der Waals surface area contributed by atoms with Crippen LogP contribution >= 0.6 is 17.2 Å². The molecular formula is C16H18P2-2. The Hall–Kier alpha value is -0.700. The van der Waals surface area contributed by atoms with Crippen molar-refractivity contribution in [2.75, 3.05) is 12.3 Å². The number of unbranched alkanes of at least 4 members (excludes halogenated alkanes) is 1. The van der Waals surface area contributed by atoms with Gasteiger partial charge in [-0.25, -0.2) is 10.6 Å². The maximum absolute atomic E-state index is 2.21. The molecule has 0 amide bonds. The molecule has 0 aliphatic rings. The number of rotatable bonds is 7. The van der Waals surface area contributed by atoms with E-state index in [1.54, 1.807) is 0 Å². The van der Waals surface area contributed by atoms with E-state index in [1.807, 2.05) is 0 Å². The van der Waals surface area contributed by atoms with Gasteiger partial charge < -0.3 is 17.2 Å². The molecule has 18 heavy (non-hydrogen) atoms. The van der Waals surface area contributed by atoms with Crippen molar-refractivity contribution in [3.8, 4) is 0 Å². The molecule has 0 N–H and O–H groups in total.